The van der Waals surface area contributed by atoms with Gasteiger partial charge in [0.05, 0.1) is 12.2 Å². The Balaban J connectivity index is 1.15. The van der Waals surface area contributed by atoms with Crippen molar-refractivity contribution >= 4 is 46.8 Å². The first kappa shape index (κ1) is 49.9. The van der Waals surface area contributed by atoms with Crippen molar-refractivity contribution in [1.29, 1.82) is 0 Å². The maximum absolute atomic E-state index is 13.4. The van der Waals surface area contributed by atoms with E-state index in [0.29, 0.717) is 92.5 Å². The van der Waals surface area contributed by atoms with Crippen LogP contribution in [0.1, 0.15) is 146 Å². The molecule has 1 heterocycles. The number of carbonyl (C=O) groups excluding carboxylic acids is 7. The van der Waals surface area contributed by atoms with Crippen molar-refractivity contribution in [3.8, 4) is 11.8 Å². The van der Waals surface area contributed by atoms with Crippen LogP contribution in [0.2, 0.25) is 0 Å². The Morgan fingerprint density at radius 2 is 1.05 bits per heavy atom. The average molecular weight is 846 g/mol. The first-order valence-corrected chi connectivity index (χ1v) is 21.6. The Bertz CT molecular complexity index is 1840. The molecule has 1 aliphatic heterocycles. The maximum atomic E-state index is 13.4. The maximum Gasteiger partial charge on any atom is 0.246 e. The van der Waals surface area contributed by atoms with E-state index in [2.05, 4.69) is 17.2 Å². The number of hydrogen-bond acceptors (Lipinski definition) is 10. The standard InChI is InChI=1S/C46H63N5O10/c1-36(52)49(59)32-14-4-2-7-21-41(54)26-29-45(57)50(60)34-16-6-13-31-47-43(55)27-30-46(58)51(61)33-15-5-3-8-20-40(53)25-28-44(56)48-35-39-19-10-9-17-37(39)23-24-38-18-11-12-22-42(38)48/h9-12,17-19,22,59-61H,2-8,13-16,20-21,25-35H2,1H3,(H,47,55). The predicted octanol–water partition coefficient (Wildman–Crippen LogP) is 6.27. The molecule has 0 radical (unpaired) electrons. The quantitative estimate of drug-likeness (QED) is 0.0313. The summed E-state index contributed by atoms with van der Waals surface area (Å²) in [6.07, 6.45) is 7.82. The van der Waals surface area contributed by atoms with Gasteiger partial charge < -0.3 is 10.2 Å². The summed E-state index contributed by atoms with van der Waals surface area (Å²) in [7, 11) is 0. The van der Waals surface area contributed by atoms with Crippen LogP contribution in [0.3, 0.4) is 0 Å². The summed E-state index contributed by atoms with van der Waals surface area (Å²) >= 11 is 0. The molecular formula is C46H63N5O10. The summed E-state index contributed by atoms with van der Waals surface area (Å²) in [6.45, 7) is 2.49. The molecule has 5 amide bonds. The Kier molecular flexibility index (Phi) is 23.1. The summed E-state index contributed by atoms with van der Waals surface area (Å²) in [4.78, 5) is 87.5. The number of unbranched alkanes of at least 4 members (excludes halogenated alkanes) is 8. The Hall–Kier alpha value is -5.43. The second-order valence-electron chi connectivity index (χ2n) is 15.4. The number of Topliss-reactive ketones (excluding diaryl/α,β-unsaturated/α-hetero) is 2. The molecule has 0 spiro atoms. The highest BCUT2D eigenvalue weighted by atomic mass is 16.5. The zero-order valence-corrected chi connectivity index (χ0v) is 35.6. The molecule has 1 aliphatic rings. The number of amides is 5. The zero-order chi connectivity index (χ0) is 44.4. The van der Waals surface area contributed by atoms with Crippen molar-refractivity contribution in [2.45, 2.75) is 135 Å². The smallest absolute Gasteiger partial charge is 0.246 e. The van der Waals surface area contributed by atoms with Crippen molar-refractivity contribution < 1.29 is 49.2 Å². The molecule has 4 N–H and O–H groups in total. The van der Waals surface area contributed by atoms with Gasteiger partial charge in [0.25, 0.3) is 0 Å². The molecule has 0 unspecified atom stereocenters. The molecular weight excluding hydrogens is 783 g/mol. The molecule has 332 valence electrons. The van der Waals surface area contributed by atoms with Gasteiger partial charge in [-0.1, -0.05) is 67.9 Å². The van der Waals surface area contributed by atoms with E-state index in [0.717, 1.165) is 41.6 Å². The van der Waals surface area contributed by atoms with Gasteiger partial charge in [0, 0.05) is 95.6 Å². The van der Waals surface area contributed by atoms with Gasteiger partial charge in [-0.25, -0.2) is 15.2 Å². The first-order chi connectivity index (χ1) is 29.3. The molecule has 0 aromatic heterocycles. The summed E-state index contributed by atoms with van der Waals surface area (Å²) in [5, 5.41) is 34.1. The van der Waals surface area contributed by atoms with Gasteiger partial charge in [0.15, 0.2) is 0 Å². The third kappa shape index (κ3) is 19.7. The molecule has 61 heavy (non-hydrogen) atoms. The molecule has 0 bridgehead atoms. The van der Waals surface area contributed by atoms with Crippen LogP contribution < -0.4 is 10.2 Å². The van der Waals surface area contributed by atoms with Gasteiger partial charge in [-0.05, 0) is 68.7 Å². The summed E-state index contributed by atoms with van der Waals surface area (Å²) < 4.78 is 0. The summed E-state index contributed by atoms with van der Waals surface area (Å²) in [5.41, 5.74) is 3.33. The lowest BCUT2D eigenvalue weighted by Crippen LogP contribution is -2.32. The topological polar surface area (TPSA) is 205 Å². The van der Waals surface area contributed by atoms with Crippen LogP contribution in [0.5, 0.6) is 0 Å². The second-order valence-corrected chi connectivity index (χ2v) is 15.4. The number of rotatable bonds is 29. The molecule has 0 saturated carbocycles. The van der Waals surface area contributed by atoms with Gasteiger partial charge in [-0.2, -0.15) is 0 Å². The first-order valence-electron chi connectivity index (χ1n) is 21.6. The van der Waals surface area contributed by atoms with Gasteiger partial charge in [0.1, 0.15) is 11.6 Å². The predicted molar refractivity (Wildman–Crippen MR) is 227 cm³/mol. The molecule has 0 saturated heterocycles. The van der Waals surface area contributed by atoms with Gasteiger partial charge in [0.2, 0.25) is 29.5 Å². The fourth-order valence-electron chi connectivity index (χ4n) is 6.72. The van der Waals surface area contributed by atoms with E-state index in [4.69, 9.17) is 0 Å². The highest BCUT2D eigenvalue weighted by Crippen LogP contribution is 2.26. The summed E-state index contributed by atoms with van der Waals surface area (Å²) in [5.74, 6) is 4.38. The fraction of sp³-hybridized carbons (Fsp3) is 0.543. The number of hydrogen-bond donors (Lipinski definition) is 4. The molecule has 0 aliphatic carbocycles. The third-order valence-electron chi connectivity index (χ3n) is 10.4. The van der Waals surface area contributed by atoms with Crippen LogP contribution in [0.15, 0.2) is 48.5 Å². The SMILES string of the molecule is CC(=O)N(O)CCCCCCC(=O)CCC(=O)N(O)CCCCCNC(=O)CCC(=O)N(O)CCCCCCC(=O)CCC(=O)N1Cc2ccccc2C#Cc2ccccc21. The number of carbonyl (C=O) groups is 7. The van der Waals surface area contributed by atoms with Crippen LogP contribution in [0.25, 0.3) is 0 Å². The molecule has 15 heteroatoms. The highest BCUT2D eigenvalue weighted by molar-refractivity contribution is 5.97. The highest BCUT2D eigenvalue weighted by Gasteiger charge is 2.22. The van der Waals surface area contributed by atoms with Crippen molar-refractivity contribution in [1.82, 2.24) is 20.5 Å². The Labute approximate surface area is 359 Å². The fourth-order valence-corrected chi connectivity index (χ4v) is 6.72. The van der Waals surface area contributed by atoms with Crippen LogP contribution in [0.4, 0.5) is 5.69 Å². The second kappa shape index (κ2) is 28.2. The molecule has 0 fully saturated rings. The third-order valence-corrected chi connectivity index (χ3v) is 10.4. The monoisotopic (exact) mass is 845 g/mol. The number of fused-ring (bicyclic) bond motifs is 2. The molecule has 0 atom stereocenters. The number of para-hydroxylation sites is 1. The normalized spacial score (nSPS) is 11.5. The van der Waals surface area contributed by atoms with E-state index >= 15 is 0 Å². The molecule has 3 rings (SSSR count). The van der Waals surface area contributed by atoms with Gasteiger partial charge in [-0.15, -0.1) is 0 Å². The van der Waals surface area contributed by atoms with Gasteiger partial charge >= 0.3 is 0 Å². The lowest BCUT2D eigenvalue weighted by molar-refractivity contribution is -0.166. The van der Waals surface area contributed by atoms with E-state index in [1.54, 1.807) is 4.90 Å². The van der Waals surface area contributed by atoms with E-state index in [1.807, 2.05) is 48.5 Å². The number of nitrogens with zero attached hydrogens (tertiary/aromatic N) is 4. The van der Waals surface area contributed by atoms with Crippen LogP contribution in [-0.2, 0) is 40.1 Å². The molecule has 2 aromatic carbocycles. The summed E-state index contributed by atoms with van der Waals surface area (Å²) in [6, 6.07) is 15.3. The average Bonchev–Trinajstić information content (AvgIpc) is 3.24. The van der Waals surface area contributed by atoms with E-state index in [9.17, 15) is 49.2 Å². The van der Waals surface area contributed by atoms with Crippen LogP contribution in [-0.4, -0.2) is 98.1 Å². The van der Waals surface area contributed by atoms with E-state index in [1.165, 1.54) is 6.92 Å². The van der Waals surface area contributed by atoms with Crippen molar-refractivity contribution in [3.63, 3.8) is 0 Å². The Morgan fingerprint density at radius 1 is 0.557 bits per heavy atom. The lowest BCUT2D eigenvalue weighted by atomic mass is 10.0. The zero-order valence-electron chi connectivity index (χ0n) is 35.6. The van der Waals surface area contributed by atoms with Gasteiger partial charge in [-0.3, -0.25) is 49.2 Å². The van der Waals surface area contributed by atoms with Crippen molar-refractivity contribution in [2.24, 2.45) is 0 Å². The van der Waals surface area contributed by atoms with Crippen LogP contribution in [0, 0.1) is 11.8 Å². The van der Waals surface area contributed by atoms with E-state index < -0.39 is 17.7 Å². The minimum absolute atomic E-state index is 0.0119. The number of anilines is 1. The lowest BCUT2D eigenvalue weighted by Gasteiger charge is -2.26. The minimum atomic E-state index is -0.555. The number of hydroxylamine groups is 6. The Morgan fingerprint density at radius 3 is 1.67 bits per heavy atom. The largest absolute Gasteiger partial charge is 0.356 e. The van der Waals surface area contributed by atoms with Crippen molar-refractivity contribution in [3.05, 3.63) is 65.2 Å². The molecule has 15 nitrogen and oxygen atoms in total. The van der Waals surface area contributed by atoms with Crippen molar-refractivity contribution in [2.75, 3.05) is 31.1 Å². The number of nitrogens with one attached hydrogen (secondary N) is 1. The minimum Gasteiger partial charge on any atom is -0.356 e. The number of ketones is 2. The van der Waals surface area contributed by atoms with Crippen LogP contribution >= 0.6 is 0 Å². The number of benzene rings is 2. The molecule has 2 aromatic rings. The van der Waals surface area contributed by atoms with E-state index in [-0.39, 0.29) is 81.5 Å².